The van der Waals surface area contributed by atoms with Crippen molar-refractivity contribution in [2.45, 2.75) is 46.1 Å². The molecule has 1 N–H and O–H groups in total. The molecule has 3 heteroatoms. The van der Waals surface area contributed by atoms with Crippen molar-refractivity contribution in [2.75, 3.05) is 18.4 Å². The number of aryl methyl sites for hydroxylation is 2. The molecule has 1 aliphatic heterocycles. The zero-order valence-electron chi connectivity index (χ0n) is 12.2. The maximum absolute atomic E-state index is 12.1. The molecule has 0 aromatic heterocycles. The average Bonchev–Trinajstić information content (AvgIpc) is 2.37. The SMILES string of the molecule is Cc1ccc(C)c(NC(=O)CN2CCCCC2C)c1. The van der Waals surface area contributed by atoms with Crippen LogP contribution in [0.5, 0.6) is 0 Å². The number of carbonyl (C=O) groups excluding carboxylic acids is 1. The van der Waals surface area contributed by atoms with Crippen molar-refractivity contribution in [1.82, 2.24) is 4.90 Å². The summed E-state index contributed by atoms with van der Waals surface area (Å²) in [5.74, 6) is 0.0995. The summed E-state index contributed by atoms with van der Waals surface area (Å²) in [6.45, 7) is 7.83. The van der Waals surface area contributed by atoms with Gasteiger partial charge in [0, 0.05) is 11.7 Å². The van der Waals surface area contributed by atoms with Gasteiger partial charge in [-0.25, -0.2) is 0 Å². The number of nitrogens with zero attached hydrogens (tertiary/aromatic N) is 1. The van der Waals surface area contributed by atoms with Gasteiger partial charge in [0.15, 0.2) is 0 Å². The second-order valence-corrected chi connectivity index (χ2v) is 5.68. The normalized spacial score (nSPS) is 20.3. The number of benzene rings is 1. The van der Waals surface area contributed by atoms with Crippen LogP contribution in [-0.2, 0) is 4.79 Å². The van der Waals surface area contributed by atoms with Crippen molar-refractivity contribution in [3.8, 4) is 0 Å². The lowest BCUT2D eigenvalue weighted by molar-refractivity contribution is -0.118. The molecular weight excluding hydrogens is 236 g/mol. The molecule has 1 aromatic rings. The zero-order valence-corrected chi connectivity index (χ0v) is 12.2. The highest BCUT2D eigenvalue weighted by Gasteiger charge is 2.20. The number of nitrogens with one attached hydrogen (secondary N) is 1. The van der Waals surface area contributed by atoms with Gasteiger partial charge < -0.3 is 5.32 Å². The molecule has 1 atom stereocenters. The summed E-state index contributed by atoms with van der Waals surface area (Å²) in [7, 11) is 0. The van der Waals surface area contributed by atoms with Crippen LogP contribution in [-0.4, -0.2) is 29.9 Å². The Balaban J connectivity index is 1.95. The zero-order chi connectivity index (χ0) is 13.8. The van der Waals surface area contributed by atoms with Crippen LogP contribution < -0.4 is 5.32 Å². The third kappa shape index (κ3) is 3.80. The van der Waals surface area contributed by atoms with E-state index in [0.29, 0.717) is 12.6 Å². The van der Waals surface area contributed by atoms with E-state index < -0.39 is 0 Å². The number of amides is 1. The summed E-state index contributed by atoms with van der Waals surface area (Å²) in [5, 5.41) is 3.04. The van der Waals surface area contributed by atoms with Crippen LogP contribution in [0.4, 0.5) is 5.69 Å². The van der Waals surface area contributed by atoms with E-state index in [0.717, 1.165) is 17.8 Å². The number of carbonyl (C=O) groups is 1. The molecule has 1 amide bonds. The Labute approximate surface area is 116 Å². The Morgan fingerprint density at radius 2 is 2.16 bits per heavy atom. The van der Waals surface area contributed by atoms with Crippen molar-refractivity contribution in [3.63, 3.8) is 0 Å². The first-order valence-corrected chi connectivity index (χ1v) is 7.17. The minimum absolute atomic E-state index is 0.0995. The molecule has 0 spiro atoms. The van der Waals surface area contributed by atoms with E-state index in [1.807, 2.05) is 19.9 Å². The number of rotatable bonds is 3. The Hall–Kier alpha value is -1.35. The lowest BCUT2D eigenvalue weighted by atomic mass is 10.0. The molecule has 1 unspecified atom stereocenters. The van der Waals surface area contributed by atoms with Crippen LogP contribution in [0, 0.1) is 13.8 Å². The van der Waals surface area contributed by atoms with E-state index in [-0.39, 0.29) is 5.91 Å². The van der Waals surface area contributed by atoms with Gasteiger partial charge in [-0.3, -0.25) is 9.69 Å². The van der Waals surface area contributed by atoms with E-state index in [4.69, 9.17) is 0 Å². The van der Waals surface area contributed by atoms with Crippen molar-refractivity contribution < 1.29 is 4.79 Å². The van der Waals surface area contributed by atoms with Crippen LogP contribution in [0.25, 0.3) is 0 Å². The Bertz CT molecular complexity index is 456. The van der Waals surface area contributed by atoms with Gasteiger partial charge in [-0.1, -0.05) is 18.6 Å². The van der Waals surface area contributed by atoms with Crippen molar-refractivity contribution in [3.05, 3.63) is 29.3 Å². The summed E-state index contributed by atoms with van der Waals surface area (Å²) in [5.41, 5.74) is 3.23. The van der Waals surface area contributed by atoms with E-state index in [1.165, 1.54) is 24.8 Å². The molecular formula is C16H24N2O. The number of piperidine rings is 1. The molecule has 1 fully saturated rings. The van der Waals surface area contributed by atoms with E-state index in [2.05, 4.69) is 29.3 Å². The van der Waals surface area contributed by atoms with Gasteiger partial charge >= 0.3 is 0 Å². The fourth-order valence-electron chi connectivity index (χ4n) is 2.64. The maximum Gasteiger partial charge on any atom is 0.238 e. The predicted octanol–water partition coefficient (Wildman–Crippen LogP) is 3.12. The third-order valence-electron chi connectivity index (χ3n) is 3.95. The minimum Gasteiger partial charge on any atom is -0.325 e. The first-order valence-electron chi connectivity index (χ1n) is 7.17. The van der Waals surface area contributed by atoms with Gasteiger partial charge in [-0.05, 0) is 57.4 Å². The van der Waals surface area contributed by atoms with Gasteiger partial charge in [0.05, 0.1) is 6.54 Å². The van der Waals surface area contributed by atoms with E-state index in [1.54, 1.807) is 0 Å². The standard InChI is InChI=1S/C16H24N2O/c1-12-7-8-13(2)15(10-12)17-16(19)11-18-9-5-4-6-14(18)3/h7-8,10,14H,4-6,9,11H2,1-3H3,(H,17,19). The lowest BCUT2D eigenvalue weighted by Crippen LogP contribution is -2.42. The highest BCUT2D eigenvalue weighted by atomic mass is 16.2. The number of anilines is 1. The topological polar surface area (TPSA) is 32.3 Å². The molecule has 2 rings (SSSR count). The van der Waals surface area contributed by atoms with Crippen molar-refractivity contribution >= 4 is 11.6 Å². The largest absolute Gasteiger partial charge is 0.325 e. The second kappa shape index (κ2) is 6.20. The van der Waals surface area contributed by atoms with Crippen molar-refractivity contribution in [2.24, 2.45) is 0 Å². The molecule has 1 aromatic carbocycles. The quantitative estimate of drug-likeness (QED) is 0.905. The first kappa shape index (κ1) is 14.1. The number of likely N-dealkylation sites (tertiary alicyclic amines) is 1. The molecule has 0 aliphatic carbocycles. The lowest BCUT2D eigenvalue weighted by Gasteiger charge is -2.32. The summed E-state index contributed by atoms with van der Waals surface area (Å²) in [4.78, 5) is 14.4. The molecule has 0 radical (unpaired) electrons. The minimum atomic E-state index is 0.0995. The first-order chi connectivity index (χ1) is 9.06. The van der Waals surface area contributed by atoms with Crippen LogP contribution in [0.3, 0.4) is 0 Å². The summed E-state index contributed by atoms with van der Waals surface area (Å²) < 4.78 is 0. The highest BCUT2D eigenvalue weighted by molar-refractivity contribution is 5.93. The highest BCUT2D eigenvalue weighted by Crippen LogP contribution is 2.18. The van der Waals surface area contributed by atoms with Gasteiger partial charge in [0.25, 0.3) is 0 Å². The van der Waals surface area contributed by atoms with Gasteiger partial charge in [0.1, 0.15) is 0 Å². The summed E-state index contributed by atoms with van der Waals surface area (Å²) >= 11 is 0. The van der Waals surface area contributed by atoms with E-state index >= 15 is 0 Å². The summed E-state index contributed by atoms with van der Waals surface area (Å²) in [6, 6.07) is 6.68. The fourth-order valence-corrected chi connectivity index (χ4v) is 2.64. The second-order valence-electron chi connectivity index (χ2n) is 5.68. The maximum atomic E-state index is 12.1. The molecule has 1 aliphatic rings. The van der Waals surface area contributed by atoms with Gasteiger partial charge in [-0.15, -0.1) is 0 Å². The van der Waals surface area contributed by atoms with Gasteiger partial charge in [-0.2, -0.15) is 0 Å². The Morgan fingerprint density at radius 3 is 2.89 bits per heavy atom. The third-order valence-corrected chi connectivity index (χ3v) is 3.95. The average molecular weight is 260 g/mol. The molecule has 3 nitrogen and oxygen atoms in total. The molecule has 19 heavy (non-hydrogen) atoms. The van der Waals surface area contributed by atoms with E-state index in [9.17, 15) is 4.79 Å². The van der Waals surface area contributed by atoms with Crippen LogP contribution >= 0.6 is 0 Å². The van der Waals surface area contributed by atoms with Crippen LogP contribution in [0.15, 0.2) is 18.2 Å². The Morgan fingerprint density at radius 1 is 1.37 bits per heavy atom. The van der Waals surface area contributed by atoms with Crippen LogP contribution in [0.1, 0.15) is 37.3 Å². The predicted molar refractivity (Wildman–Crippen MR) is 79.4 cm³/mol. The molecule has 0 bridgehead atoms. The Kier molecular flexibility index (Phi) is 4.59. The molecule has 0 saturated carbocycles. The van der Waals surface area contributed by atoms with Crippen LogP contribution in [0.2, 0.25) is 0 Å². The number of hydrogen-bond acceptors (Lipinski definition) is 2. The fraction of sp³-hybridized carbons (Fsp3) is 0.562. The molecule has 1 heterocycles. The smallest absolute Gasteiger partial charge is 0.238 e. The number of hydrogen-bond donors (Lipinski definition) is 1. The molecule has 104 valence electrons. The van der Waals surface area contributed by atoms with Crippen molar-refractivity contribution in [1.29, 1.82) is 0 Å². The summed E-state index contributed by atoms with van der Waals surface area (Å²) in [6.07, 6.45) is 3.70. The molecule has 1 saturated heterocycles. The monoisotopic (exact) mass is 260 g/mol. The van der Waals surface area contributed by atoms with Gasteiger partial charge in [0.2, 0.25) is 5.91 Å².